The summed E-state index contributed by atoms with van der Waals surface area (Å²) in [6.07, 6.45) is 2.42. The molecule has 0 saturated heterocycles. The fraction of sp³-hybridized carbons (Fsp3) is 0.391. The van der Waals surface area contributed by atoms with Crippen LogP contribution in [0.25, 0.3) is 11.1 Å². The Kier molecular flexibility index (Phi) is 5.94. The Morgan fingerprint density at radius 1 is 0.963 bits per heavy atom. The van der Waals surface area contributed by atoms with Gasteiger partial charge in [0, 0.05) is 30.6 Å². The van der Waals surface area contributed by atoms with Crippen LogP contribution in [0.3, 0.4) is 0 Å². The van der Waals surface area contributed by atoms with Gasteiger partial charge in [-0.25, -0.2) is 0 Å². The topological polar surface area (TPSA) is 49.4 Å². The Balaban J connectivity index is 1.61. The molecule has 2 amide bonds. The molecule has 0 spiro atoms. The van der Waals surface area contributed by atoms with E-state index in [1.54, 1.807) is 4.90 Å². The minimum absolute atomic E-state index is 0.0226. The van der Waals surface area contributed by atoms with Crippen LogP contribution in [0, 0.1) is 11.8 Å². The van der Waals surface area contributed by atoms with Gasteiger partial charge < -0.3 is 10.2 Å². The Labute approximate surface area is 161 Å². The molecule has 1 N–H and O–H groups in total. The molecule has 0 radical (unpaired) electrons. The maximum Gasteiger partial charge on any atom is 0.229 e. The monoisotopic (exact) mass is 364 g/mol. The lowest BCUT2D eigenvalue weighted by molar-refractivity contribution is -0.125. The van der Waals surface area contributed by atoms with Crippen molar-refractivity contribution in [1.29, 1.82) is 0 Å². The normalized spacial score (nSPS) is 19.1. The zero-order valence-electron chi connectivity index (χ0n) is 16.3. The van der Waals surface area contributed by atoms with E-state index in [4.69, 9.17) is 0 Å². The van der Waals surface area contributed by atoms with Crippen molar-refractivity contribution in [3.05, 3.63) is 54.6 Å². The van der Waals surface area contributed by atoms with Crippen LogP contribution in [-0.4, -0.2) is 24.9 Å². The van der Waals surface area contributed by atoms with Gasteiger partial charge in [-0.2, -0.15) is 0 Å². The van der Waals surface area contributed by atoms with Crippen molar-refractivity contribution >= 4 is 17.5 Å². The van der Waals surface area contributed by atoms with Crippen LogP contribution in [0.4, 0.5) is 5.69 Å². The van der Waals surface area contributed by atoms with E-state index in [9.17, 15) is 9.59 Å². The molecule has 2 aromatic carbocycles. The van der Waals surface area contributed by atoms with Gasteiger partial charge in [0.15, 0.2) is 0 Å². The van der Waals surface area contributed by atoms with Gasteiger partial charge in [0.2, 0.25) is 11.8 Å². The molecule has 1 fully saturated rings. The molecule has 0 aromatic heterocycles. The third-order valence-corrected chi connectivity index (χ3v) is 5.34. The summed E-state index contributed by atoms with van der Waals surface area (Å²) in [5.41, 5.74) is 3.20. The van der Waals surface area contributed by atoms with Crippen molar-refractivity contribution in [2.75, 3.05) is 11.9 Å². The lowest BCUT2D eigenvalue weighted by Crippen LogP contribution is -2.37. The highest BCUT2D eigenvalue weighted by Gasteiger charge is 2.33. The van der Waals surface area contributed by atoms with Gasteiger partial charge >= 0.3 is 0 Å². The maximum atomic E-state index is 12.9. The van der Waals surface area contributed by atoms with E-state index in [2.05, 4.69) is 29.6 Å². The molecule has 4 heteroatoms. The van der Waals surface area contributed by atoms with Gasteiger partial charge in [0.05, 0.1) is 0 Å². The number of rotatable bonds is 5. The molecule has 1 aliphatic rings. The number of hydrogen-bond acceptors (Lipinski definition) is 2. The maximum absolute atomic E-state index is 12.9. The van der Waals surface area contributed by atoms with Crippen molar-refractivity contribution in [2.45, 2.75) is 39.2 Å². The number of hydrogen-bond donors (Lipinski definition) is 1. The first-order valence-corrected chi connectivity index (χ1v) is 9.69. The van der Waals surface area contributed by atoms with Crippen LogP contribution < -0.4 is 10.2 Å². The highest BCUT2D eigenvalue weighted by Crippen LogP contribution is 2.30. The average molecular weight is 364 g/mol. The number of anilines is 1. The van der Waals surface area contributed by atoms with Crippen LogP contribution in [0.5, 0.6) is 0 Å². The fourth-order valence-electron chi connectivity index (χ4n) is 3.61. The van der Waals surface area contributed by atoms with Crippen molar-refractivity contribution in [1.82, 2.24) is 5.32 Å². The zero-order chi connectivity index (χ0) is 19.4. The summed E-state index contributed by atoms with van der Waals surface area (Å²) in [5.74, 6) is 0.147. The third kappa shape index (κ3) is 4.57. The van der Waals surface area contributed by atoms with Gasteiger partial charge in [-0.05, 0) is 42.5 Å². The molecule has 0 aliphatic heterocycles. The first kappa shape index (κ1) is 19.2. The SMILES string of the molecule is CC(C)C(=O)NC1CC[C@@H](C(=O)N(C)c2ccc(-c3ccccc3)cc2)C1. The number of nitrogens with zero attached hydrogens (tertiary/aromatic N) is 1. The van der Waals surface area contributed by atoms with Crippen LogP contribution in [0.15, 0.2) is 54.6 Å². The molecular formula is C23H28N2O2. The Bertz CT molecular complexity index is 784. The Morgan fingerprint density at radius 3 is 2.22 bits per heavy atom. The molecule has 142 valence electrons. The molecule has 1 saturated carbocycles. The van der Waals surface area contributed by atoms with Crippen LogP contribution in [0.2, 0.25) is 0 Å². The smallest absolute Gasteiger partial charge is 0.229 e. The quantitative estimate of drug-likeness (QED) is 0.862. The highest BCUT2D eigenvalue weighted by molar-refractivity contribution is 5.95. The van der Waals surface area contributed by atoms with Gasteiger partial charge in [0.1, 0.15) is 0 Å². The van der Waals surface area contributed by atoms with Crippen LogP contribution in [0.1, 0.15) is 33.1 Å². The second kappa shape index (κ2) is 8.38. The number of carbonyl (C=O) groups is 2. The second-order valence-corrected chi connectivity index (χ2v) is 7.68. The lowest BCUT2D eigenvalue weighted by atomic mass is 10.0. The highest BCUT2D eigenvalue weighted by atomic mass is 16.2. The molecule has 27 heavy (non-hydrogen) atoms. The summed E-state index contributed by atoms with van der Waals surface area (Å²) < 4.78 is 0. The van der Waals surface area contributed by atoms with E-state index in [0.717, 1.165) is 36.1 Å². The Hall–Kier alpha value is -2.62. The van der Waals surface area contributed by atoms with Crippen molar-refractivity contribution in [3.63, 3.8) is 0 Å². The molecule has 2 aromatic rings. The molecule has 2 atom stereocenters. The van der Waals surface area contributed by atoms with Gasteiger partial charge in [0.25, 0.3) is 0 Å². The van der Waals surface area contributed by atoms with Crippen molar-refractivity contribution in [2.24, 2.45) is 11.8 Å². The summed E-state index contributed by atoms with van der Waals surface area (Å²) in [7, 11) is 1.83. The summed E-state index contributed by atoms with van der Waals surface area (Å²) in [5, 5.41) is 3.06. The molecule has 1 unspecified atom stereocenters. The van der Waals surface area contributed by atoms with Crippen molar-refractivity contribution in [3.8, 4) is 11.1 Å². The van der Waals surface area contributed by atoms with Gasteiger partial charge in [-0.1, -0.05) is 56.3 Å². The van der Waals surface area contributed by atoms with Gasteiger partial charge in [-0.3, -0.25) is 9.59 Å². The zero-order valence-corrected chi connectivity index (χ0v) is 16.3. The first-order valence-electron chi connectivity index (χ1n) is 9.69. The molecule has 0 bridgehead atoms. The predicted octanol–water partition coefficient (Wildman–Crippen LogP) is 4.26. The Morgan fingerprint density at radius 2 is 1.59 bits per heavy atom. The van der Waals surface area contributed by atoms with E-state index in [1.165, 1.54) is 0 Å². The largest absolute Gasteiger partial charge is 0.353 e. The second-order valence-electron chi connectivity index (χ2n) is 7.68. The molecule has 0 heterocycles. The average Bonchev–Trinajstić information content (AvgIpc) is 3.16. The molecule has 3 rings (SSSR count). The minimum Gasteiger partial charge on any atom is -0.353 e. The summed E-state index contributed by atoms with van der Waals surface area (Å²) in [4.78, 5) is 26.5. The predicted molar refractivity (Wildman–Crippen MR) is 109 cm³/mol. The third-order valence-electron chi connectivity index (χ3n) is 5.34. The molecular weight excluding hydrogens is 336 g/mol. The number of benzene rings is 2. The molecule has 4 nitrogen and oxygen atoms in total. The van der Waals surface area contributed by atoms with Crippen molar-refractivity contribution < 1.29 is 9.59 Å². The fourth-order valence-corrected chi connectivity index (χ4v) is 3.61. The standard InChI is InChI=1S/C23H28N2O2/c1-16(2)22(26)24-20-12-9-19(15-20)23(27)25(3)21-13-10-18(11-14-21)17-7-5-4-6-8-17/h4-8,10-11,13-14,16,19-20H,9,12,15H2,1-3H3,(H,24,26)/t19-,20?/m1/s1. The number of carbonyl (C=O) groups excluding carboxylic acids is 2. The van der Waals surface area contributed by atoms with E-state index < -0.39 is 0 Å². The number of nitrogens with one attached hydrogen (secondary N) is 1. The van der Waals surface area contributed by atoms with E-state index >= 15 is 0 Å². The lowest BCUT2D eigenvalue weighted by Gasteiger charge is -2.22. The summed E-state index contributed by atoms with van der Waals surface area (Å²) in [6.45, 7) is 3.78. The first-order chi connectivity index (χ1) is 13.0. The minimum atomic E-state index is -0.0266. The van der Waals surface area contributed by atoms with Gasteiger partial charge in [-0.15, -0.1) is 0 Å². The van der Waals surface area contributed by atoms with E-state index in [0.29, 0.717) is 0 Å². The van der Waals surface area contributed by atoms with Crippen LogP contribution >= 0.6 is 0 Å². The summed E-state index contributed by atoms with van der Waals surface area (Å²) in [6, 6.07) is 18.4. The number of amides is 2. The van der Waals surface area contributed by atoms with E-state index in [-0.39, 0.29) is 29.7 Å². The van der Waals surface area contributed by atoms with E-state index in [1.807, 2.05) is 51.2 Å². The van der Waals surface area contributed by atoms with Crippen LogP contribution in [-0.2, 0) is 9.59 Å². The summed E-state index contributed by atoms with van der Waals surface area (Å²) >= 11 is 0. The molecule has 1 aliphatic carbocycles.